The van der Waals surface area contributed by atoms with E-state index in [1.165, 1.54) is 0 Å². The molecule has 3 aromatic rings. The zero-order valence-electron chi connectivity index (χ0n) is 18.3. The largest absolute Gasteiger partial charge is 0.493 e. The number of ether oxygens (including phenoxy) is 2. The van der Waals surface area contributed by atoms with Crippen molar-refractivity contribution in [2.45, 2.75) is 13.0 Å². The van der Waals surface area contributed by atoms with Crippen molar-refractivity contribution in [2.24, 2.45) is 0 Å². The highest BCUT2D eigenvalue weighted by Gasteiger charge is 2.10. The van der Waals surface area contributed by atoms with Crippen molar-refractivity contribution < 1.29 is 19.1 Å². The first-order valence-corrected chi connectivity index (χ1v) is 9.96. The van der Waals surface area contributed by atoms with Crippen molar-refractivity contribution in [3.05, 3.63) is 54.2 Å². The highest BCUT2D eigenvalue weighted by atomic mass is 16.5. The van der Waals surface area contributed by atoms with Gasteiger partial charge in [0.25, 0.3) is 0 Å². The topological polar surface area (TPSA) is 84.8 Å². The Bertz CT molecular complexity index is 1070. The van der Waals surface area contributed by atoms with Crippen LogP contribution < -0.4 is 20.1 Å². The molecule has 1 aromatic heterocycles. The van der Waals surface area contributed by atoms with Crippen LogP contribution >= 0.6 is 0 Å². The van der Waals surface area contributed by atoms with Gasteiger partial charge < -0.3 is 29.6 Å². The molecule has 2 aromatic carbocycles. The average Bonchev–Trinajstić information content (AvgIpc) is 3.15. The second-order valence-corrected chi connectivity index (χ2v) is 7.33. The Labute approximate surface area is 181 Å². The van der Waals surface area contributed by atoms with Crippen molar-refractivity contribution in [1.29, 1.82) is 0 Å². The fraction of sp³-hybridized carbons (Fsp3) is 0.304. The van der Waals surface area contributed by atoms with Crippen molar-refractivity contribution in [3.8, 4) is 11.5 Å². The molecule has 164 valence electrons. The van der Waals surface area contributed by atoms with E-state index in [4.69, 9.17) is 9.47 Å². The molecule has 0 radical (unpaired) electrons. The van der Waals surface area contributed by atoms with E-state index in [1.54, 1.807) is 33.2 Å². The summed E-state index contributed by atoms with van der Waals surface area (Å²) in [4.78, 5) is 25.8. The SMILES string of the molecule is COc1ccc(CCNC(=O)Nc2ccc3c(ccn3CC(=O)N(C)C)c2)cc1OC. The zero-order valence-corrected chi connectivity index (χ0v) is 18.3. The third-order valence-corrected chi connectivity index (χ3v) is 4.98. The molecule has 8 heteroatoms. The second kappa shape index (κ2) is 9.88. The molecule has 0 bridgehead atoms. The zero-order chi connectivity index (χ0) is 22.4. The first-order chi connectivity index (χ1) is 14.9. The maximum Gasteiger partial charge on any atom is 0.319 e. The third-order valence-electron chi connectivity index (χ3n) is 4.98. The molecule has 3 amide bonds. The van der Waals surface area contributed by atoms with Crippen LogP contribution in [-0.2, 0) is 17.8 Å². The summed E-state index contributed by atoms with van der Waals surface area (Å²) in [6, 6.07) is 13.0. The Morgan fingerprint density at radius 3 is 2.48 bits per heavy atom. The number of hydrogen-bond donors (Lipinski definition) is 2. The number of anilines is 1. The van der Waals surface area contributed by atoms with Crippen LogP contribution in [0.1, 0.15) is 5.56 Å². The summed E-state index contributed by atoms with van der Waals surface area (Å²) in [7, 11) is 6.66. The number of carbonyl (C=O) groups excluding carboxylic acids is 2. The number of nitrogens with one attached hydrogen (secondary N) is 2. The van der Waals surface area contributed by atoms with E-state index in [1.807, 2.05) is 53.2 Å². The van der Waals surface area contributed by atoms with Crippen LogP contribution in [0.3, 0.4) is 0 Å². The molecule has 3 rings (SSSR count). The lowest BCUT2D eigenvalue weighted by molar-refractivity contribution is -0.129. The average molecular weight is 425 g/mol. The van der Waals surface area contributed by atoms with Gasteiger partial charge in [-0.2, -0.15) is 0 Å². The minimum atomic E-state index is -0.276. The van der Waals surface area contributed by atoms with Gasteiger partial charge in [-0.05, 0) is 48.4 Å². The number of methoxy groups -OCH3 is 2. The summed E-state index contributed by atoms with van der Waals surface area (Å²) < 4.78 is 12.4. The first kappa shape index (κ1) is 22.0. The van der Waals surface area contributed by atoms with Crippen LogP contribution in [0.15, 0.2) is 48.7 Å². The maximum absolute atomic E-state index is 12.3. The predicted molar refractivity (Wildman–Crippen MR) is 121 cm³/mol. The normalized spacial score (nSPS) is 10.6. The van der Waals surface area contributed by atoms with Gasteiger partial charge in [0, 0.05) is 43.4 Å². The van der Waals surface area contributed by atoms with Gasteiger partial charge in [-0.1, -0.05) is 6.07 Å². The van der Waals surface area contributed by atoms with Gasteiger partial charge in [-0.3, -0.25) is 4.79 Å². The van der Waals surface area contributed by atoms with Gasteiger partial charge in [0.15, 0.2) is 11.5 Å². The van der Waals surface area contributed by atoms with E-state index in [2.05, 4.69) is 10.6 Å². The number of amides is 3. The molecule has 0 unspecified atom stereocenters. The van der Waals surface area contributed by atoms with Crippen LogP contribution in [0.4, 0.5) is 10.5 Å². The van der Waals surface area contributed by atoms with Gasteiger partial charge in [0.2, 0.25) is 5.91 Å². The standard InChI is InChI=1S/C23H28N4O4/c1-26(2)22(28)15-27-12-10-17-14-18(6-7-19(17)27)25-23(29)24-11-9-16-5-8-20(30-3)21(13-16)31-4/h5-8,10,12-14H,9,11,15H2,1-4H3,(H2,24,25,29). The fourth-order valence-corrected chi connectivity index (χ4v) is 3.23. The lowest BCUT2D eigenvalue weighted by Crippen LogP contribution is -2.30. The summed E-state index contributed by atoms with van der Waals surface area (Å²) in [6.07, 6.45) is 2.54. The number of fused-ring (bicyclic) bond motifs is 1. The van der Waals surface area contributed by atoms with Gasteiger partial charge in [-0.25, -0.2) is 4.79 Å². The Morgan fingerprint density at radius 2 is 1.77 bits per heavy atom. The molecule has 0 saturated carbocycles. The van der Waals surface area contributed by atoms with Crippen LogP contribution in [-0.4, -0.2) is 56.3 Å². The predicted octanol–water partition coefficient (Wildman–Crippen LogP) is 3.11. The van der Waals surface area contributed by atoms with E-state index >= 15 is 0 Å². The van der Waals surface area contributed by atoms with Gasteiger partial charge in [0.05, 0.1) is 14.2 Å². The highest BCUT2D eigenvalue weighted by Crippen LogP contribution is 2.27. The van der Waals surface area contributed by atoms with Crippen molar-refractivity contribution in [2.75, 3.05) is 40.2 Å². The Hall–Kier alpha value is -3.68. The lowest BCUT2D eigenvalue weighted by atomic mass is 10.1. The number of carbonyl (C=O) groups is 2. The highest BCUT2D eigenvalue weighted by molar-refractivity contribution is 5.93. The molecular weight excluding hydrogens is 396 g/mol. The summed E-state index contributed by atoms with van der Waals surface area (Å²) >= 11 is 0. The molecule has 0 spiro atoms. The number of benzene rings is 2. The summed E-state index contributed by atoms with van der Waals surface area (Å²) in [5, 5.41) is 6.66. The van der Waals surface area contributed by atoms with Crippen molar-refractivity contribution >= 4 is 28.5 Å². The van der Waals surface area contributed by atoms with Crippen LogP contribution in [0.5, 0.6) is 11.5 Å². The fourth-order valence-electron chi connectivity index (χ4n) is 3.23. The molecule has 0 atom stereocenters. The number of rotatable bonds is 8. The maximum atomic E-state index is 12.3. The van der Waals surface area contributed by atoms with E-state index in [0.717, 1.165) is 16.5 Å². The Balaban J connectivity index is 1.55. The molecule has 0 saturated heterocycles. The number of urea groups is 1. The van der Waals surface area contributed by atoms with Gasteiger partial charge in [0.1, 0.15) is 6.54 Å². The minimum absolute atomic E-state index is 0.0218. The van der Waals surface area contributed by atoms with Crippen LogP contribution in [0, 0.1) is 0 Å². The Morgan fingerprint density at radius 1 is 1.00 bits per heavy atom. The van der Waals surface area contributed by atoms with Crippen LogP contribution in [0.2, 0.25) is 0 Å². The number of hydrogen-bond acceptors (Lipinski definition) is 4. The van der Waals surface area contributed by atoms with Gasteiger partial charge >= 0.3 is 6.03 Å². The molecule has 0 aliphatic carbocycles. The molecular formula is C23H28N4O4. The number of nitrogens with zero attached hydrogens (tertiary/aromatic N) is 2. The molecule has 1 heterocycles. The van der Waals surface area contributed by atoms with E-state index in [9.17, 15) is 9.59 Å². The second-order valence-electron chi connectivity index (χ2n) is 7.33. The summed E-state index contributed by atoms with van der Waals surface area (Å²) in [5.74, 6) is 1.36. The van der Waals surface area contributed by atoms with E-state index in [0.29, 0.717) is 30.2 Å². The van der Waals surface area contributed by atoms with Crippen molar-refractivity contribution in [1.82, 2.24) is 14.8 Å². The third kappa shape index (κ3) is 5.48. The number of aromatic nitrogens is 1. The molecule has 0 fully saturated rings. The summed E-state index contributed by atoms with van der Waals surface area (Å²) in [6.45, 7) is 0.756. The molecule has 0 aliphatic rings. The molecule has 31 heavy (non-hydrogen) atoms. The molecule has 0 aliphatic heterocycles. The smallest absolute Gasteiger partial charge is 0.319 e. The van der Waals surface area contributed by atoms with E-state index < -0.39 is 0 Å². The van der Waals surface area contributed by atoms with Crippen molar-refractivity contribution in [3.63, 3.8) is 0 Å². The monoisotopic (exact) mass is 424 g/mol. The number of likely N-dealkylation sites (N-methyl/N-ethyl adjacent to an activating group) is 1. The molecule has 2 N–H and O–H groups in total. The summed E-state index contributed by atoms with van der Waals surface area (Å²) in [5.41, 5.74) is 2.66. The van der Waals surface area contributed by atoms with Crippen LogP contribution in [0.25, 0.3) is 10.9 Å². The first-order valence-electron chi connectivity index (χ1n) is 9.96. The lowest BCUT2D eigenvalue weighted by Gasteiger charge is -2.12. The minimum Gasteiger partial charge on any atom is -0.493 e. The quantitative estimate of drug-likeness (QED) is 0.582. The molecule has 8 nitrogen and oxygen atoms in total. The van der Waals surface area contributed by atoms with Gasteiger partial charge in [-0.15, -0.1) is 0 Å². The van der Waals surface area contributed by atoms with E-state index in [-0.39, 0.29) is 18.5 Å². The Kier molecular flexibility index (Phi) is 7.02.